The standard InChI is InChI=1S/C9H4BrN3O2S/c10-4-1-6-7(11-2-4)16-9-12-5(8(14)15)3-13(6)9/h1-3H,(H,14,15). The summed E-state index contributed by atoms with van der Waals surface area (Å²) >= 11 is 4.70. The Morgan fingerprint density at radius 3 is 3.12 bits per heavy atom. The molecule has 7 heteroatoms. The summed E-state index contributed by atoms with van der Waals surface area (Å²) in [6.07, 6.45) is 3.21. The van der Waals surface area contributed by atoms with E-state index in [2.05, 4.69) is 25.9 Å². The van der Waals surface area contributed by atoms with Crippen LogP contribution < -0.4 is 0 Å². The summed E-state index contributed by atoms with van der Waals surface area (Å²) < 4.78 is 2.59. The van der Waals surface area contributed by atoms with Crippen molar-refractivity contribution in [2.75, 3.05) is 0 Å². The van der Waals surface area contributed by atoms with E-state index in [1.165, 1.54) is 17.5 Å². The molecule has 3 rings (SSSR count). The normalized spacial score (nSPS) is 11.3. The molecule has 3 aromatic heterocycles. The number of hydrogen-bond donors (Lipinski definition) is 1. The molecule has 0 saturated heterocycles. The zero-order valence-corrected chi connectivity index (χ0v) is 10.1. The second-order valence-corrected chi connectivity index (χ2v) is 5.04. The van der Waals surface area contributed by atoms with E-state index < -0.39 is 5.97 Å². The molecule has 0 aromatic carbocycles. The van der Waals surface area contributed by atoms with Gasteiger partial charge < -0.3 is 5.11 Å². The first-order chi connectivity index (χ1) is 7.65. The molecule has 16 heavy (non-hydrogen) atoms. The molecule has 0 unspecified atom stereocenters. The van der Waals surface area contributed by atoms with Crippen LogP contribution in [-0.2, 0) is 0 Å². The topological polar surface area (TPSA) is 67.5 Å². The number of aromatic carboxylic acids is 1. The molecular weight excluding hydrogens is 294 g/mol. The van der Waals surface area contributed by atoms with Gasteiger partial charge in [-0.25, -0.2) is 14.8 Å². The maximum atomic E-state index is 10.8. The number of carbonyl (C=O) groups is 1. The third-order valence-corrected chi connectivity index (χ3v) is 3.55. The predicted octanol–water partition coefficient (Wildman–Crippen LogP) is 2.40. The van der Waals surface area contributed by atoms with Gasteiger partial charge in [0, 0.05) is 16.9 Å². The minimum atomic E-state index is -1.02. The van der Waals surface area contributed by atoms with Crippen LogP contribution in [0.3, 0.4) is 0 Å². The first-order valence-corrected chi connectivity index (χ1v) is 5.92. The van der Waals surface area contributed by atoms with Gasteiger partial charge in [-0.1, -0.05) is 11.3 Å². The lowest BCUT2D eigenvalue weighted by molar-refractivity contribution is 0.0691. The minimum Gasteiger partial charge on any atom is -0.476 e. The second-order valence-electron chi connectivity index (χ2n) is 3.16. The summed E-state index contributed by atoms with van der Waals surface area (Å²) in [7, 11) is 0. The van der Waals surface area contributed by atoms with E-state index in [0.29, 0.717) is 4.96 Å². The maximum Gasteiger partial charge on any atom is 0.356 e. The van der Waals surface area contributed by atoms with Gasteiger partial charge in [0.25, 0.3) is 0 Å². The molecule has 0 aliphatic carbocycles. The molecule has 0 spiro atoms. The Kier molecular flexibility index (Phi) is 1.98. The highest BCUT2D eigenvalue weighted by Crippen LogP contribution is 2.26. The van der Waals surface area contributed by atoms with Gasteiger partial charge in [-0.2, -0.15) is 0 Å². The lowest BCUT2D eigenvalue weighted by Crippen LogP contribution is -1.95. The van der Waals surface area contributed by atoms with Crippen molar-refractivity contribution in [1.29, 1.82) is 0 Å². The minimum absolute atomic E-state index is 0.0492. The van der Waals surface area contributed by atoms with Crippen molar-refractivity contribution < 1.29 is 9.90 Å². The van der Waals surface area contributed by atoms with E-state index in [1.54, 1.807) is 10.6 Å². The van der Waals surface area contributed by atoms with Crippen molar-refractivity contribution >= 4 is 48.5 Å². The fourth-order valence-corrected chi connectivity index (χ4v) is 2.72. The number of pyridine rings is 1. The van der Waals surface area contributed by atoms with Crippen LogP contribution in [0.1, 0.15) is 10.5 Å². The van der Waals surface area contributed by atoms with Crippen molar-refractivity contribution in [1.82, 2.24) is 14.4 Å². The van der Waals surface area contributed by atoms with Gasteiger partial charge in [0.2, 0.25) is 0 Å². The number of aromatic nitrogens is 3. The molecule has 0 amide bonds. The largest absolute Gasteiger partial charge is 0.476 e. The lowest BCUT2D eigenvalue weighted by atomic mass is 10.4. The van der Waals surface area contributed by atoms with Crippen molar-refractivity contribution in [3.05, 3.63) is 28.6 Å². The Morgan fingerprint density at radius 1 is 1.56 bits per heavy atom. The fraction of sp³-hybridized carbons (Fsp3) is 0. The summed E-state index contributed by atoms with van der Waals surface area (Å²) in [5, 5.41) is 8.83. The number of rotatable bonds is 1. The Hall–Kier alpha value is -1.47. The Morgan fingerprint density at radius 2 is 2.38 bits per heavy atom. The highest BCUT2D eigenvalue weighted by atomic mass is 79.9. The third kappa shape index (κ3) is 1.32. The summed E-state index contributed by atoms with van der Waals surface area (Å²) in [6.45, 7) is 0. The van der Waals surface area contributed by atoms with Crippen molar-refractivity contribution in [3.63, 3.8) is 0 Å². The molecule has 0 atom stereocenters. The molecular formula is C9H4BrN3O2S. The number of carboxylic acid groups (broad SMARTS) is 1. The van der Waals surface area contributed by atoms with Crippen molar-refractivity contribution in [2.45, 2.75) is 0 Å². The average molecular weight is 298 g/mol. The van der Waals surface area contributed by atoms with Gasteiger partial charge in [0.15, 0.2) is 10.7 Å². The SMILES string of the molecule is O=C(O)c1cn2c(n1)sc1ncc(Br)cc12. The Labute approximate surface area is 101 Å². The average Bonchev–Trinajstić information content (AvgIpc) is 2.75. The number of thiazole rings is 1. The number of imidazole rings is 1. The van der Waals surface area contributed by atoms with Gasteiger partial charge in [-0.3, -0.25) is 4.40 Å². The van der Waals surface area contributed by atoms with Crippen LogP contribution in [0.4, 0.5) is 0 Å². The third-order valence-electron chi connectivity index (χ3n) is 2.14. The van der Waals surface area contributed by atoms with Gasteiger partial charge >= 0.3 is 5.97 Å². The zero-order valence-electron chi connectivity index (χ0n) is 7.72. The Balaban J connectivity index is 2.40. The molecule has 0 fully saturated rings. The van der Waals surface area contributed by atoms with E-state index in [9.17, 15) is 4.79 Å². The molecule has 0 radical (unpaired) electrons. The fourth-order valence-electron chi connectivity index (χ4n) is 1.46. The van der Waals surface area contributed by atoms with Crippen molar-refractivity contribution in [2.24, 2.45) is 0 Å². The second kappa shape index (κ2) is 3.26. The van der Waals surface area contributed by atoms with Crippen LogP contribution in [0.5, 0.6) is 0 Å². The molecule has 80 valence electrons. The van der Waals surface area contributed by atoms with Crippen LogP contribution in [-0.4, -0.2) is 25.4 Å². The van der Waals surface area contributed by atoms with Crippen LogP contribution >= 0.6 is 27.3 Å². The molecule has 0 bridgehead atoms. The highest BCUT2D eigenvalue weighted by molar-refractivity contribution is 9.10. The van der Waals surface area contributed by atoms with E-state index in [0.717, 1.165) is 14.8 Å². The van der Waals surface area contributed by atoms with Gasteiger partial charge in [-0.05, 0) is 22.0 Å². The molecule has 1 N–H and O–H groups in total. The summed E-state index contributed by atoms with van der Waals surface area (Å²) in [5.74, 6) is -1.02. The number of nitrogens with zero attached hydrogens (tertiary/aromatic N) is 3. The summed E-state index contributed by atoms with van der Waals surface area (Å²) in [5.41, 5.74) is 0.905. The molecule has 3 aromatic rings. The van der Waals surface area contributed by atoms with Crippen LogP contribution in [0, 0.1) is 0 Å². The summed E-state index contributed by atoms with van der Waals surface area (Å²) in [6, 6.07) is 1.89. The zero-order chi connectivity index (χ0) is 11.3. The van der Waals surface area contributed by atoms with Crippen LogP contribution in [0.25, 0.3) is 15.3 Å². The number of carboxylic acids is 1. The molecule has 0 aliphatic rings. The summed E-state index contributed by atoms with van der Waals surface area (Å²) in [4.78, 5) is 20.5. The first-order valence-electron chi connectivity index (χ1n) is 4.31. The van der Waals surface area contributed by atoms with Gasteiger partial charge in [-0.15, -0.1) is 0 Å². The lowest BCUT2D eigenvalue weighted by Gasteiger charge is -1.91. The number of hydrogen-bond acceptors (Lipinski definition) is 4. The van der Waals surface area contributed by atoms with Gasteiger partial charge in [0.05, 0.1) is 5.52 Å². The van der Waals surface area contributed by atoms with E-state index >= 15 is 0 Å². The van der Waals surface area contributed by atoms with E-state index in [1.807, 2.05) is 6.07 Å². The molecule has 0 saturated carbocycles. The maximum absolute atomic E-state index is 10.8. The molecule has 3 heterocycles. The number of halogens is 1. The van der Waals surface area contributed by atoms with E-state index in [-0.39, 0.29) is 5.69 Å². The smallest absolute Gasteiger partial charge is 0.356 e. The van der Waals surface area contributed by atoms with Crippen LogP contribution in [0.2, 0.25) is 0 Å². The molecule has 0 aliphatic heterocycles. The van der Waals surface area contributed by atoms with Crippen molar-refractivity contribution in [3.8, 4) is 0 Å². The predicted molar refractivity (Wildman–Crippen MR) is 63.0 cm³/mol. The Bertz CT molecular complexity index is 718. The quantitative estimate of drug-likeness (QED) is 0.749. The highest BCUT2D eigenvalue weighted by Gasteiger charge is 2.13. The van der Waals surface area contributed by atoms with Gasteiger partial charge in [0.1, 0.15) is 4.83 Å². The number of fused-ring (bicyclic) bond motifs is 3. The van der Waals surface area contributed by atoms with E-state index in [4.69, 9.17) is 5.11 Å². The monoisotopic (exact) mass is 297 g/mol. The van der Waals surface area contributed by atoms with Crippen LogP contribution in [0.15, 0.2) is 22.9 Å². The first kappa shape index (κ1) is 9.73. The molecule has 5 nitrogen and oxygen atoms in total.